The van der Waals surface area contributed by atoms with Crippen molar-refractivity contribution in [2.24, 2.45) is 0 Å². The van der Waals surface area contributed by atoms with Crippen LogP contribution in [0.1, 0.15) is 26.4 Å². The molecule has 3 rings (SSSR count). The number of anilines is 1. The second-order valence-corrected chi connectivity index (χ2v) is 4.91. The predicted molar refractivity (Wildman–Crippen MR) is 82.8 cm³/mol. The van der Waals surface area contributed by atoms with Crippen LogP contribution in [0.25, 0.3) is 16.6 Å². The zero-order valence-electron chi connectivity index (χ0n) is 12.4. The highest BCUT2D eigenvalue weighted by atomic mass is 16.5. The lowest BCUT2D eigenvalue weighted by Gasteiger charge is -2.10. The van der Waals surface area contributed by atoms with Gasteiger partial charge in [-0.15, -0.1) is 0 Å². The van der Waals surface area contributed by atoms with Gasteiger partial charge in [-0.3, -0.25) is 5.10 Å². The SMILES string of the molecule is COC(=O)c1c(N)c(C#N)cn1-c1cc(C(=O)O)c2[nH]ncc2c1. The summed E-state index contributed by atoms with van der Waals surface area (Å²) < 4.78 is 6.04. The maximum atomic E-state index is 12.0. The van der Waals surface area contributed by atoms with Crippen LogP contribution in [0.2, 0.25) is 0 Å². The van der Waals surface area contributed by atoms with Gasteiger partial charge in [-0.25, -0.2) is 9.59 Å². The summed E-state index contributed by atoms with van der Waals surface area (Å²) in [5.74, 6) is -1.90. The number of hydrogen-bond donors (Lipinski definition) is 3. The number of nitrogens with zero attached hydrogens (tertiary/aromatic N) is 3. The summed E-state index contributed by atoms with van der Waals surface area (Å²) in [7, 11) is 1.19. The van der Waals surface area contributed by atoms with E-state index in [9.17, 15) is 14.7 Å². The lowest BCUT2D eigenvalue weighted by atomic mass is 10.1. The number of aromatic carboxylic acids is 1. The number of aromatic nitrogens is 3. The minimum Gasteiger partial charge on any atom is -0.478 e. The number of benzene rings is 1. The predicted octanol–water partition coefficient (Wildman–Crippen LogP) is 1.29. The molecule has 0 saturated carbocycles. The highest BCUT2D eigenvalue weighted by molar-refractivity contribution is 6.03. The zero-order valence-corrected chi connectivity index (χ0v) is 12.4. The molecule has 1 aromatic carbocycles. The van der Waals surface area contributed by atoms with Crippen molar-refractivity contribution in [1.29, 1.82) is 5.26 Å². The second-order valence-electron chi connectivity index (χ2n) is 4.91. The van der Waals surface area contributed by atoms with E-state index >= 15 is 0 Å². The molecule has 2 aromatic heterocycles. The van der Waals surface area contributed by atoms with Gasteiger partial charge < -0.3 is 20.1 Å². The summed E-state index contributed by atoms with van der Waals surface area (Å²) in [5.41, 5.74) is 6.51. The van der Waals surface area contributed by atoms with Crippen molar-refractivity contribution in [3.8, 4) is 11.8 Å². The number of carbonyl (C=O) groups is 2. The molecule has 9 nitrogen and oxygen atoms in total. The maximum Gasteiger partial charge on any atom is 0.357 e. The fraction of sp³-hybridized carbons (Fsp3) is 0.0667. The van der Waals surface area contributed by atoms with E-state index in [1.807, 2.05) is 6.07 Å². The molecule has 0 unspecified atom stereocenters. The van der Waals surface area contributed by atoms with Gasteiger partial charge in [0.2, 0.25) is 0 Å². The van der Waals surface area contributed by atoms with Gasteiger partial charge in [-0.1, -0.05) is 0 Å². The molecule has 0 saturated heterocycles. The Bertz CT molecular complexity index is 1020. The van der Waals surface area contributed by atoms with Crippen molar-refractivity contribution in [2.45, 2.75) is 0 Å². The fourth-order valence-corrected chi connectivity index (χ4v) is 2.47. The van der Waals surface area contributed by atoms with Gasteiger partial charge in [0.15, 0.2) is 5.69 Å². The van der Waals surface area contributed by atoms with Crippen LogP contribution in [0.3, 0.4) is 0 Å². The summed E-state index contributed by atoms with van der Waals surface area (Å²) >= 11 is 0. The number of rotatable bonds is 3. The monoisotopic (exact) mass is 325 g/mol. The quantitative estimate of drug-likeness (QED) is 0.614. The van der Waals surface area contributed by atoms with Crippen molar-refractivity contribution in [3.63, 3.8) is 0 Å². The Hall–Kier alpha value is -3.80. The average molecular weight is 325 g/mol. The number of carboxylic acids is 1. The number of nitriles is 1. The maximum absolute atomic E-state index is 12.0. The van der Waals surface area contributed by atoms with E-state index in [-0.39, 0.29) is 22.5 Å². The molecule has 9 heteroatoms. The van der Waals surface area contributed by atoms with E-state index in [1.54, 1.807) is 6.07 Å². The normalized spacial score (nSPS) is 10.5. The fourth-order valence-electron chi connectivity index (χ4n) is 2.47. The number of fused-ring (bicyclic) bond motifs is 1. The molecule has 0 aliphatic carbocycles. The van der Waals surface area contributed by atoms with Crippen molar-refractivity contribution >= 4 is 28.5 Å². The number of carboxylic acid groups (broad SMARTS) is 1. The van der Waals surface area contributed by atoms with Gasteiger partial charge in [-0.2, -0.15) is 10.4 Å². The minimum absolute atomic E-state index is 0.0263. The van der Waals surface area contributed by atoms with Gasteiger partial charge in [0, 0.05) is 17.3 Å². The molecule has 0 aliphatic rings. The van der Waals surface area contributed by atoms with Crippen molar-refractivity contribution in [2.75, 3.05) is 12.8 Å². The molecule has 0 aliphatic heterocycles. The van der Waals surface area contributed by atoms with Gasteiger partial charge in [0.05, 0.1) is 35.6 Å². The van der Waals surface area contributed by atoms with Crippen LogP contribution in [0.4, 0.5) is 5.69 Å². The van der Waals surface area contributed by atoms with E-state index in [2.05, 4.69) is 10.2 Å². The molecule has 0 bridgehead atoms. The smallest absolute Gasteiger partial charge is 0.357 e. The first kappa shape index (κ1) is 15.1. The third-order valence-corrected chi connectivity index (χ3v) is 3.59. The Labute approximate surface area is 134 Å². The number of H-pyrrole nitrogens is 1. The van der Waals surface area contributed by atoms with E-state index in [0.717, 1.165) is 0 Å². The molecule has 3 aromatic rings. The highest BCUT2D eigenvalue weighted by Gasteiger charge is 2.23. The van der Waals surface area contributed by atoms with Crippen LogP contribution in [-0.4, -0.2) is 38.9 Å². The summed E-state index contributed by atoms with van der Waals surface area (Å²) in [6, 6.07) is 4.87. The van der Waals surface area contributed by atoms with Crippen LogP contribution in [0, 0.1) is 11.3 Å². The molecule has 0 spiro atoms. The molecule has 0 amide bonds. The average Bonchev–Trinajstić information content (AvgIpc) is 3.16. The lowest BCUT2D eigenvalue weighted by molar-refractivity contribution is 0.0592. The van der Waals surface area contributed by atoms with Gasteiger partial charge in [-0.05, 0) is 12.1 Å². The lowest BCUT2D eigenvalue weighted by Crippen LogP contribution is -2.11. The van der Waals surface area contributed by atoms with Crippen LogP contribution in [0.5, 0.6) is 0 Å². The number of methoxy groups -OCH3 is 1. The number of nitrogens with two attached hydrogens (primary N) is 1. The van der Waals surface area contributed by atoms with Crippen LogP contribution < -0.4 is 5.73 Å². The van der Waals surface area contributed by atoms with Crippen LogP contribution >= 0.6 is 0 Å². The van der Waals surface area contributed by atoms with Crippen molar-refractivity contribution < 1.29 is 19.4 Å². The molecule has 0 fully saturated rings. The Balaban J connectivity index is 2.34. The Morgan fingerprint density at radius 1 is 1.46 bits per heavy atom. The number of aromatic amines is 1. The molecule has 0 atom stereocenters. The molecule has 0 radical (unpaired) electrons. The first-order valence-electron chi connectivity index (χ1n) is 6.68. The van der Waals surface area contributed by atoms with Crippen LogP contribution in [-0.2, 0) is 4.74 Å². The highest BCUT2D eigenvalue weighted by Crippen LogP contribution is 2.28. The topological polar surface area (TPSA) is 147 Å². The minimum atomic E-state index is -1.16. The van der Waals surface area contributed by atoms with E-state index in [0.29, 0.717) is 16.6 Å². The molecule has 2 heterocycles. The van der Waals surface area contributed by atoms with E-state index < -0.39 is 11.9 Å². The third-order valence-electron chi connectivity index (χ3n) is 3.59. The summed E-state index contributed by atoms with van der Waals surface area (Å²) in [4.78, 5) is 23.5. The van der Waals surface area contributed by atoms with Gasteiger partial charge in [0.1, 0.15) is 6.07 Å². The zero-order chi connectivity index (χ0) is 17.4. The van der Waals surface area contributed by atoms with Crippen LogP contribution in [0.15, 0.2) is 24.5 Å². The van der Waals surface area contributed by atoms with Crippen molar-refractivity contribution in [1.82, 2.24) is 14.8 Å². The number of nitrogens with one attached hydrogen (secondary N) is 1. The largest absolute Gasteiger partial charge is 0.478 e. The number of nitrogen functional groups attached to an aromatic ring is 1. The second kappa shape index (κ2) is 5.44. The summed E-state index contributed by atoms with van der Waals surface area (Å²) in [5, 5.41) is 25.5. The third kappa shape index (κ3) is 2.14. The molecular weight excluding hydrogens is 314 g/mol. The molecule has 4 N–H and O–H groups in total. The van der Waals surface area contributed by atoms with E-state index in [1.165, 1.54) is 30.1 Å². The molecular formula is C15H11N5O4. The number of carbonyl (C=O) groups excluding carboxylic acids is 1. The first-order chi connectivity index (χ1) is 11.5. The molecule has 24 heavy (non-hydrogen) atoms. The van der Waals surface area contributed by atoms with E-state index in [4.69, 9.17) is 15.7 Å². The number of esters is 1. The number of hydrogen-bond acceptors (Lipinski definition) is 6. The van der Waals surface area contributed by atoms with Gasteiger partial charge >= 0.3 is 11.9 Å². The Morgan fingerprint density at radius 2 is 2.21 bits per heavy atom. The summed E-state index contributed by atoms with van der Waals surface area (Å²) in [6.45, 7) is 0. The molecule has 120 valence electrons. The number of ether oxygens (including phenoxy) is 1. The Morgan fingerprint density at radius 3 is 2.83 bits per heavy atom. The van der Waals surface area contributed by atoms with Crippen molar-refractivity contribution in [3.05, 3.63) is 41.3 Å². The van der Waals surface area contributed by atoms with Gasteiger partial charge in [0.25, 0.3) is 0 Å². The summed E-state index contributed by atoms with van der Waals surface area (Å²) in [6.07, 6.45) is 2.82. The first-order valence-corrected chi connectivity index (χ1v) is 6.68. The standard InChI is InChI=1S/C15H11N5O4/c1-24-15(23)13-11(17)8(4-16)6-20(13)9-2-7-5-18-19-12(7)10(3-9)14(21)22/h2-3,5-6H,17H2,1H3,(H,18,19)(H,21,22). The Kier molecular flexibility index (Phi) is 3.42.